The summed E-state index contributed by atoms with van der Waals surface area (Å²) in [7, 11) is 1.68. The molecule has 0 radical (unpaired) electrons. The first-order valence-electron chi connectivity index (χ1n) is 7.95. The van der Waals surface area contributed by atoms with Crippen LogP contribution in [0, 0.1) is 0 Å². The van der Waals surface area contributed by atoms with E-state index >= 15 is 0 Å². The number of hydrogen-bond donors (Lipinski definition) is 1. The van der Waals surface area contributed by atoms with E-state index in [1.165, 1.54) is 24.9 Å². The largest absolute Gasteiger partial charge is 0.493 e. The monoisotopic (exact) mass is 292 g/mol. The van der Waals surface area contributed by atoms with Crippen molar-refractivity contribution in [2.24, 2.45) is 0 Å². The molecule has 118 valence electrons. The molecule has 0 aliphatic carbocycles. The fourth-order valence-corrected chi connectivity index (χ4v) is 2.12. The minimum atomic E-state index is 0.725. The number of quaternary nitrogens is 1. The standard InChI is InChI=1S/C18H29NO2/c1-5-9-16-10-11-17(18(14-16)20-4)21-13-8-7-12-19-15(3)6-2/h5,10-11,14-15,19H,1,6-9,12-13H2,2-4H3/p+1/t15-/m1/s1. The van der Waals surface area contributed by atoms with Gasteiger partial charge in [-0.05, 0) is 50.3 Å². The van der Waals surface area contributed by atoms with E-state index in [2.05, 4.69) is 31.8 Å². The Kier molecular flexibility index (Phi) is 8.60. The summed E-state index contributed by atoms with van der Waals surface area (Å²) in [6.45, 7) is 10.2. The molecule has 0 fully saturated rings. The Bertz CT molecular complexity index is 418. The van der Waals surface area contributed by atoms with Crippen LogP contribution in [-0.2, 0) is 6.42 Å². The molecule has 0 aliphatic rings. The first-order valence-corrected chi connectivity index (χ1v) is 7.95. The highest BCUT2D eigenvalue weighted by molar-refractivity contribution is 5.43. The van der Waals surface area contributed by atoms with Crippen molar-refractivity contribution in [2.45, 2.75) is 45.6 Å². The van der Waals surface area contributed by atoms with Gasteiger partial charge in [-0.1, -0.05) is 19.1 Å². The Labute approximate surface area is 129 Å². The van der Waals surface area contributed by atoms with Crippen molar-refractivity contribution >= 4 is 0 Å². The SMILES string of the molecule is C=CCc1ccc(OCCCC[NH2+][C@H](C)CC)c(OC)c1. The summed E-state index contributed by atoms with van der Waals surface area (Å²) in [4.78, 5) is 0. The highest BCUT2D eigenvalue weighted by Gasteiger charge is 2.05. The number of methoxy groups -OCH3 is 1. The molecule has 1 aromatic rings. The maximum absolute atomic E-state index is 5.83. The molecular weight excluding hydrogens is 262 g/mol. The van der Waals surface area contributed by atoms with E-state index in [1.54, 1.807) is 7.11 Å². The van der Waals surface area contributed by atoms with Crippen molar-refractivity contribution in [3.63, 3.8) is 0 Å². The van der Waals surface area contributed by atoms with Gasteiger partial charge >= 0.3 is 0 Å². The van der Waals surface area contributed by atoms with E-state index in [1.807, 2.05) is 18.2 Å². The van der Waals surface area contributed by atoms with Crippen LogP contribution in [-0.4, -0.2) is 26.3 Å². The summed E-state index contributed by atoms with van der Waals surface area (Å²) in [6.07, 6.45) is 6.22. The number of hydrogen-bond acceptors (Lipinski definition) is 2. The lowest BCUT2D eigenvalue weighted by Gasteiger charge is -2.12. The smallest absolute Gasteiger partial charge is 0.161 e. The van der Waals surface area contributed by atoms with Gasteiger partial charge in [-0.25, -0.2) is 0 Å². The Morgan fingerprint density at radius 1 is 1.29 bits per heavy atom. The van der Waals surface area contributed by atoms with Crippen molar-refractivity contribution in [1.82, 2.24) is 0 Å². The zero-order chi connectivity index (χ0) is 15.5. The molecule has 0 spiro atoms. The van der Waals surface area contributed by atoms with E-state index in [-0.39, 0.29) is 0 Å². The van der Waals surface area contributed by atoms with Crippen LogP contribution in [0.25, 0.3) is 0 Å². The summed E-state index contributed by atoms with van der Waals surface area (Å²) < 4.78 is 11.2. The third-order valence-corrected chi connectivity index (χ3v) is 3.68. The van der Waals surface area contributed by atoms with Gasteiger partial charge in [0.15, 0.2) is 11.5 Å². The van der Waals surface area contributed by atoms with E-state index in [9.17, 15) is 0 Å². The van der Waals surface area contributed by atoms with Crippen LogP contribution in [0.15, 0.2) is 30.9 Å². The highest BCUT2D eigenvalue weighted by Crippen LogP contribution is 2.28. The number of ether oxygens (including phenoxy) is 2. The van der Waals surface area contributed by atoms with Gasteiger partial charge in [0.25, 0.3) is 0 Å². The molecule has 0 amide bonds. The van der Waals surface area contributed by atoms with Crippen LogP contribution in [0.2, 0.25) is 0 Å². The maximum atomic E-state index is 5.83. The van der Waals surface area contributed by atoms with Crippen molar-refractivity contribution in [3.05, 3.63) is 36.4 Å². The van der Waals surface area contributed by atoms with Crippen molar-refractivity contribution in [2.75, 3.05) is 20.3 Å². The molecule has 0 aliphatic heterocycles. The first-order chi connectivity index (χ1) is 10.2. The lowest BCUT2D eigenvalue weighted by molar-refractivity contribution is -0.686. The van der Waals surface area contributed by atoms with Crippen molar-refractivity contribution in [3.8, 4) is 11.5 Å². The third-order valence-electron chi connectivity index (χ3n) is 3.68. The Hall–Kier alpha value is -1.48. The summed E-state index contributed by atoms with van der Waals surface area (Å²) in [5.41, 5.74) is 1.19. The molecule has 0 unspecified atom stereocenters. The highest BCUT2D eigenvalue weighted by atomic mass is 16.5. The zero-order valence-electron chi connectivity index (χ0n) is 13.7. The molecule has 0 saturated heterocycles. The van der Waals surface area contributed by atoms with Gasteiger partial charge in [-0.3, -0.25) is 0 Å². The van der Waals surface area contributed by atoms with Crippen LogP contribution in [0.5, 0.6) is 11.5 Å². The molecule has 0 heterocycles. The second-order valence-corrected chi connectivity index (χ2v) is 5.44. The molecular formula is C18H30NO2+. The second kappa shape index (κ2) is 10.3. The molecule has 0 bridgehead atoms. The number of unbranched alkanes of at least 4 members (excludes halogenated alkanes) is 1. The minimum Gasteiger partial charge on any atom is -0.493 e. The average Bonchev–Trinajstić information content (AvgIpc) is 2.51. The number of nitrogens with two attached hydrogens (primary N) is 1. The fourth-order valence-electron chi connectivity index (χ4n) is 2.12. The number of rotatable bonds is 11. The van der Waals surface area contributed by atoms with Crippen LogP contribution in [0.3, 0.4) is 0 Å². The summed E-state index contributed by atoms with van der Waals surface area (Å²) in [5, 5.41) is 2.41. The van der Waals surface area contributed by atoms with E-state index in [4.69, 9.17) is 9.47 Å². The van der Waals surface area contributed by atoms with E-state index in [0.29, 0.717) is 0 Å². The van der Waals surface area contributed by atoms with Gasteiger partial charge in [-0.2, -0.15) is 0 Å². The Morgan fingerprint density at radius 2 is 2.10 bits per heavy atom. The van der Waals surface area contributed by atoms with Crippen LogP contribution >= 0.6 is 0 Å². The predicted molar refractivity (Wildman–Crippen MR) is 88.2 cm³/mol. The topological polar surface area (TPSA) is 35.1 Å². The lowest BCUT2D eigenvalue weighted by atomic mass is 10.1. The Morgan fingerprint density at radius 3 is 2.76 bits per heavy atom. The van der Waals surface area contributed by atoms with Gasteiger partial charge in [0, 0.05) is 0 Å². The third kappa shape index (κ3) is 6.67. The van der Waals surface area contributed by atoms with Gasteiger partial charge in [0.05, 0.1) is 26.3 Å². The summed E-state index contributed by atoms with van der Waals surface area (Å²) >= 11 is 0. The molecule has 1 aromatic carbocycles. The number of benzene rings is 1. The zero-order valence-corrected chi connectivity index (χ0v) is 13.7. The van der Waals surface area contributed by atoms with Crippen molar-refractivity contribution in [1.29, 1.82) is 0 Å². The first kappa shape index (κ1) is 17.6. The summed E-state index contributed by atoms with van der Waals surface area (Å²) in [5.74, 6) is 1.64. The van der Waals surface area contributed by atoms with Gasteiger partial charge in [0.2, 0.25) is 0 Å². The average molecular weight is 292 g/mol. The quantitative estimate of drug-likeness (QED) is 0.503. The Balaban J connectivity index is 2.32. The number of allylic oxidation sites excluding steroid dienone is 1. The molecule has 1 atom stereocenters. The van der Waals surface area contributed by atoms with E-state index < -0.39 is 0 Å². The molecule has 3 heteroatoms. The second-order valence-electron chi connectivity index (χ2n) is 5.44. The normalized spacial score (nSPS) is 12.0. The van der Waals surface area contributed by atoms with Crippen LogP contribution < -0.4 is 14.8 Å². The van der Waals surface area contributed by atoms with Crippen LogP contribution in [0.4, 0.5) is 0 Å². The van der Waals surface area contributed by atoms with E-state index in [0.717, 1.165) is 37.0 Å². The van der Waals surface area contributed by atoms with Gasteiger partial charge < -0.3 is 14.8 Å². The molecule has 2 N–H and O–H groups in total. The molecule has 0 saturated carbocycles. The molecule has 3 nitrogen and oxygen atoms in total. The lowest BCUT2D eigenvalue weighted by Crippen LogP contribution is -2.89. The molecule has 0 aromatic heterocycles. The van der Waals surface area contributed by atoms with Gasteiger partial charge in [-0.15, -0.1) is 6.58 Å². The minimum absolute atomic E-state index is 0.725. The molecule has 21 heavy (non-hydrogen) atoms. The predicted octanol–water partition coefficient (Wildman–Crippen LogP) is 2.94. The molecule has 1 rings (SSSR count). The maximum Gasteiger partial charge on any atom is 0.161 e. The van der Waals surface area contributed by atoms with Gasteiger partial charge in [0.1, 0.15) is 0 Å². The van der Waals surface area contributed by atoms with Crippen LogP contribution in [0.1, 0.15) is 38.7 Å². The summed E-state index contributed by atoms with van der Waals surface area (Å²) in [6, 6.07) is 6.80. The fraction of sp³-hybridized carbons (Fsp3) is 0.556. The van der Waals surface area contributed by atoms with Crippen molar-refractivity contribution < 1.29 is 14.8 Å².